The molecule has 1 aromatic rings. The van der Waals surface area contributed by atoms with Gasteiger partial charge in [0, 0.05) is 0 Å². The van der Waals surface area contributed by atoms with Crippen LogP contribution in [0, 0.1) is 35.2 Å². The molecule has 0 amide bonds. The van der Waals surface area contributed by atoms with Gasteiger partial charge in [-0.3, -0.25) is 0 Å². The molecule has 0 aromatic heterocycles. The first kappa shape index (κ1) is 21.5. The van der Waals surface area contributed by atoms with Crippen LogP contribution < -0.4 is 0 Å². The Balaban J connectivity index is 1.40. The molecule has 0 heterocycles. The van der Waals surface area contributed by atoms with E-state index >= 15 is 0 Å². The molecule has 2 fully saturated rings. The summed E-state index contributed by atoms with van der Waals surface area (Å²) < 4.78 is 40.3. The molecule has 1 aromatic carbocycles. The lowest BCUT2D eigenvalue weighted by Gasteiger charge is -2.38. The third kappa shape index (κ3) is 5.64. The van der Waals surface area contributed by atoms with E-state index < -0.39 is 17.5 Å². The molecular weight excluding hydrogens is 357 g/mol. The molecule has 0 radical (unpaired) electrons. The molecule has 3 rings (SSSR count). The van der Waals surface area contributed by atoms with Gasteiger partial charge in [-0.15, -0.1) is 0 Å². The summed E-state index contributed by atoms with van der Waals surface area (Å²) in [5.74, 6) is -0.764. The predicted octanol–water partition coefficient (Wildman–Crippen LogP) is 8.32. The standard InChI is InChI=1S/C25H35F3/c1-2-3-4-5-6-7-18-8-10-19(11-9-18)20-12-14-21(15-13-20)22-16-23(26)25(28)24(27)17-22/h2-3,16-21H,4-15H2,1H3. The fourth-order valence-electron chi connectivity index (χ4n) is 5.54. The molecular formula is C25H35F3. The molecule has 2 aliphatic rings. The van der Waals surface area contributed by atoms with Crippen molar-refractivity contribution >= 4 is 0 Å². The highest BCUT2D eigenvalue weighted by Gasteiger charge is 2.31. The van der Waals surface area contributed by atoms with E-state index in [9.17, 15) is 13.2 Å². The van der Waals surface area contributed by atoms with Crippen molar-refractivity contribution in [1.29, 1.82) is 0 Å². The molecule has 3 heteroatoms. The van der Waals surface area contributed by atoms with Crippen molar-refractivity contribution in [2.45, 2.75) is 89.9 Å². The Morgan fingerprint density at radius 3 is 1.96 bits per heavy atom. The summed E-state index contributed by atoms with van der Waals surface area (Å²) in [5, 5.41) is 0. The van der Waals surface area contributed by atoms with Gasteiger partial charge in [-0.2, -0.15) is 0 Å². The highest BCUT2D eigenvalue weighted by atomic mass is 19.2. The van der Waals surface area contributed by atoms with E-state index in [2.05, 4.69) is 19.1 Å². The number of hydrogen-bond donors (Lipinski definition) is 0. The van der Waals surface area contributed by atoms with Gasteiger partial charge in [0.1, 0.15) is 0 Å². The molecule has 0 bridgehead atoms. The van der Waals surface area contributed by atoms with Crippen LogP contribution >= 0.6 is 0 Å². The van der Waals surface area contributed by atoms with Crippen LogP contribution in [0.1, 0.15) is 95.5 Å². The second-order valence-electron chi connectivity index (χ2n) is 9.04. The minimum atomic E-state index is -1.35. The summed E-state index contributed by atoms with van der Waals surface area (Å²) in [6, 6.07) is 2.40. The minimum absolute atomic E-state index is 0.175. The Kier molecular flexibility index (Phi) is 8.05. The summed E-state index contributed by atoms with van der Waals surface area (Å²) in [4.78, 5) is 0. The second kappa shape index (κ2) is 10.5. The van der Waals surface area contributed by atoms with Crippen LogP contribution in [-0.4, -0.2) is 0 Å². The van der Waals surface area contributed by atoms with E-state index in [-0.39, 0.29) is 5.92 Å². The molecule has 0 N–H and O–H groups in total. The van der Waals surface area contributed by atoms with Gasteiger partial charge < -0.3 is 0 Å². The highest BCUT2D eigenvalue weighted by Crippen LogP contribution is 2.44. The van der Waals surface area contributed by atoms with Crippen LogP contribution in [0.15, 0.2) is 24.3 Å². The van der Waals surface area contributed by atoms with Gasteiger partial charge in [-0.1, -0.05) is 37.8 Å². The van der Waals surface area contributed by atoms with Crippen LogP contribution in [0.5, 0.6) is 0 Å². The van der Waals surface area contributed by atoms with Crippen molar-refractivity contribution in [3.8, 4) is 0 Å². The predicted molar refractivity (Wildman–Crippen MR) is 110 cm³/mol. The third-order valence-electron chi connectivity index (χ3n) is 7.28. The van der Waals surface area contributed by atoms with Gasteiger partial charge in [-0.05, 0) is 99.7 Å². The lowest BCUT2D eigenvalue weighted by molar-refractivity contribution is 0.155. The van der Waals surface area contributed by atoms with E-state index in [1.54, 1.807) is 0 Å². The Labute approximate surface area is 168 Å². The zero-order chi connectivity index (χ0) is 19.9. The maximum absolute atomic E-state index is 13.5. The van der Waals surface area contributed by atoms with Crippen molar-refractivity contribution < 1.29 is 13.2 Å². The largest absolute Gasteiger partial charge is 0.204 e. The zero-order valence-corrected chi connectivity index (χ0v) is 17.2. The molecule has 0 saturated heterocycles. The third-order valence-corrected chi connectivity index (χ3v) is 7.28. The normalized spacial score (nSPS) is 28.7. The number of unbranched alkanes of at least 4 members (excludes halogenated alkanes) is 2. The maximum Gasteiger partial charge on any atom is 0.194 e. The average molecular weight is 393 g/mol. The number of hydrogen-bond acceptors (Lipinski definition) is 0. The van der Waals surface area contributed by atoms with E-state index in [1.807, 2.05) is 0 Å². The monoisotopic (exact) mass is 392 g/mol. The van der Waals surface area contributed by atoms with Crippen LogP contribution in [0.2, 0.25) is 0 Å². The summed E-state index contributed by atoms with van der Waals surface area (Å²) in [5.41, 5.74) is 0.636. The average Bonchev–Trinajstić information content (AvgIpc) is 2.72. The number of halogens is 3. The minimum Gasteiger partial charge on any atom is -0.204 e. The molecule has 2 saturated carbocycles. The van der Waals surface area contributed by atoms with Crippen molar-refractivity contribution in [2.24, 2.45) is 17.8 Å². The fourth-order valence-corrected chi connectivity index (χ4v) is 5.54. The molecule has 0 aliphatic heterocycles. The first-order valence-electron chi connectivity index (χ1n) is 11.3. The number of rotatable bonds is 7. The van der Waals surface area contributed by atoms with E-state index in [1.165, 1.54) is 63.5 Å². The van der Waals surface area contributed by atoms with Gasteiger partial charge in [0.15, 0.2) is 17.5 Å². The number of allylic oxidation sites excluding steroid dienone is 2. The molecule has 0 spiro atoms. The van der Waals surface area contributed by atoms with E-state index in [4.69, 9.17) is 0 Å². The number of benzene rings is 1. The van der Waals surface area contributed by atoms with Crippen LogP contribution in [0.3, 0.4) is 0 Å². The van der Waals surface area contributed by atoms with Crippen molar-refractivity contribution in [3.05, 3.63) is 47.3 Å². The first-order chi connectivity index (χ1) is 13.6. The van der Waals surface area contributed by atoms with Gasteiger partial charge >= 0.3 is 0 Å². The van der Waals surface area contributed by atoms with E-state index in [0.717, 1.165) is 43.4 Å². The maximum atomic E-state index is 13.5. The summed E-state index contributed by atoms with van der Waals surface area (Å²) in [6.45, 7) is 2.09. The quantitative estimate of drug-likeness (QED) is 0.248. The summed E-state index contributed by atoms with van der Waals surface area (Å²) >= 11 is 0. The SMILES string of the molecule is CC=CCCCCC1CCC(C2CCC(c3cc(F)c(F)c(F)c3)CC2)CC1. The first-order valence-corrected chi connectivity index (χ1v) is 11.3. The van der Waals surface area contributed by atoms with E-state index in [0.29, 0.717) is 5.56 Å². The Morgan fingerprint density at radius 2 is 1.39 bits per heavy atom. The van der Waals surface area contributed by atoms with Crippen LogP contribution in [0.25, 0.3) is 0 Å². The Hall–Kier alpha value is -1.25. The highest BCUT2D eigenvalue weighted by molar-refractivity contribution is 5.23. The lowest BCUT2D eigenvalue weighted by Crippen LogP contribution is -2.25. The molecule has 156 valence electrons. The Morgan fingerprint density at radius 1 is 0.821 bits per heavy atom. The smallest absolute Gasteiger partial charge is 0.194 e. The molecule has 28 heavy (non-hydrogen) atoms. The molecule has 0 unspecified atom stereocenters. The second-order valence-corrected chi connectivity index (χ2v) is 9.04. The summed E-state index contributed by atoms with van der Waals surface area (Å²) in [6.07, 6.45) is 19.4. The van der Waals surface area contributed by atoms with Crippen molar-refractivity contribution in [3.63, 3.8) is 0 Å². The van der Waals surface area contributed by atoms with Gasteiger partial charge in [0.2, 0.25) is 0 Å². The molecule has 0 nitrogen and oxygen atoms in total. The molecule has 0 atom stereocenters. The zero-order valence-electron chi connectivity index (χ0n) is 17.2. The van der Waals surface area contributed by atoms with Crippen LogP contribution in [0.4, 0.5) is 13.2 Å². The Bertz CT molecular complexity index is 612. The van der Waals surface area contributed by atoms with Gasteiger partial charge in [0.25, 0.3) is 0 Å². The lowest BCUT2D eigenvalue weighted by atomic mass is 9.68. The van der Waals surface area contributed by atoms with Crippen molar-refractivity contribution in [1.82, 2.24) is 0 Å². The van der Waals surface area contributed by atoms with Gasteiger partial charge in [-0.25, -0.2) is 13.2 Å². The topological polar surface area (TPSA) is 0 Å². The van der Waals surface area contributed by atoms with Crippen LogP contribution in [-0.2, 0) is 0 Å². The van der Waals surface area contributed by atoms with Crippen molar-refractivity contribution in [2.75, 3.05) is 0 Å². The summed E-state index contributed by atoms with van der Waals surface area (Å²) in [7, 11) is 0. The van der Waals surface area contributed by atoms with Gasteiger partial charge in [0.05, 0.1) is 0 Å². The fraction of sp³-hybridized carbons (Fsp3) is 0.680. The molecule has 2 aliphatic carbocycles.